The summed E-state index contributed by atoms with van der Waals surface area (Å²) in [4.78, 5) is 17.2. The second kappa shape index (κ2) is 4.84. The molecule has 1 aromatic heterocycles. The van der Waals surface area contributed by atoms with Crippen molar-refractivity contribution >= 4 is 17.5 Å². The lowest BCUT2D eigenvalue weighted by atomic mass is 9.95. The summed E-state index contributed by atoms with van der Waals surface area (Å²) in [6.45, 7) is 6.21. The van der Waals surface area contributed by atoms with Crippen LogP contribution in [0, 0.1) is 11.8 Å². The van der Waals surface area contributed by atoms with E-state index in [1.54, 1.807) is 6.07 Å². The summed E-state index contributed by atoms with van der Waals surface area (Å²) in [5.74, 6) is 0.840. The summed E-state index contributed by atoms with van der Waals surface area (Å²) in [7, 11) is 0. The number of carboxylic acids is 1. The van der Waals surface area contributed by atoms with Crippen molar-refractivity contribution in [1.29, 1.82) is 0 Å². The topological polar surface area (TPSA) is 79.5 Å². The Balaban J connectivity index is 2.23. The zero-order valence-electron chi connectivity index (χ0n) is 10.8. The minimum Gasteiger partial charge on any atom is -0.477 e. The molecule has 5 heteroatoms. The lowest BCUT2D eigenvalue weighted by Gasteiger charge is -2.20. The third-order valence-corrected chi connectivity index (χ3v) is 3.59. The highest BCUT2D eigenvalue weighted by Gasteiger charge is 2.27. The lowest BCUT2D eigenvalue weighted by molar-refractivity contribution is 0.0690. The van der Waals surface area contributed by atoms with Crippen molar-refractivity contribution in [2.75, 3.05) is 23.7 Å². The van der Waals surface area contributed by atoms with Crippen LogP contribution >= 0.6 is 0 Å². The van der Waals surface area contributed by atoms with E-state index in [2.05, 4.69) is 23.7 Å². The van der Waals surface area contributed by atoms with E-state index in [1.807, 2.05) is 0 Å². The van der Waals surface area contributed by atoms with E-state index < -0.39 is 5.97 Å². The van der Waals surface area contributed by atoms with Crippen LogP contribution in [-0.2, 0) is 0 Å². The molecule has 0 bridgehead atoms. The van der Waals surface area contributed by atoms with Crippen LogP contribution in [0.4, 0.5) is 11.5 Å². The first kappa shape index (κ1) is 12.7. The van der Waals surface area contributed by atoms with E-state index >= 15 is 0 Å². The SMILES string of the molecule is CC(C)C1CCN(c2nc(C(=O)O)ccc2N)C1. The van der Waals surface area contributed by atoms with Gasteiger partial charge in [0.2, 0.25) is 0 Å². The molecule has 2 rings (SSSR count). The van der Waals surface area contributed by atoms with E-state index in [4.69, 9.17) is 10.8 Å². The molecule has 3 N–H and O–H groups in total. The van der Waals surface area contributed by atoms with Gasteiger partial charge in [0.15, 0.2) is 11.5 Å². The minimum absolute atomic E-state index is 0.0483. The monoisotopic (exact) mass is 249 g/mol. The molecule has 1 aromatic rings. The van der Waals surface area contributed by atoms with Crippen LogP contribution < -0.4 is 10.6 Å². The number of hydrogen-bond acceptors (Lipinski definition) is 4. The van der Waals surface area contributed by atoms with Crippen LogP contribution in [0.3, 0.4) is 0 Å². The molecule has 0 radical (unpaired) electrons. The molecule has 1 aliphatic heterocycles. The highest BCUT2D eigenvalue weighted by Crippen LogP contribution is 2.30. The van der Waals surface area contributed by atoms with Crippen molar-refractivity contribution in [2.24, 2.45) is 11.8 Å². The smallest absolute Gasteiger partial charge is 0.354 e. The number of anilines is 2. The van der Waals surface area contributed by atoms with Crippen molar-refractivity contribution in [3.63, 3.8) is 0 Å². The molecular weight excluding hydrogens is 230 g/mol. The van der Waals surface area contributed by atoms with Crippen LogP contribution in [0.15, 0.2) is 12.1 Å². The van der Waals surface area contributed by atoms with E-state index in [1.165, 1.54) is 6.07 Å². The van der Waals surface area contributed by atoms with Crippen LogP contribution in [0.2, 0.25) is 0 Å². The number of nitrogens with two attached hydrogens (primary N) is 1. The average molecular weight is 249 g/mol. The van der Waals surface area contributed by atoms with Gasteiger partial charge in [0, 0.05) is 13.1 Å². The molecule has 0 aliphatic carbocycles. The Morgan fingerprint density at radius 3 is 2.83 bits per heavy atom. The van der Waals surface area contributed by atoms with Crippen molar-refractivity contribution in [2.45, 2.75) is 20.3 Å². The molecule has 0 aromatic carbocycles. The van der Waals surface area contributed by atoms with Gasteiger partial charge in [-0.3, -0.25) is 0 Å². The zero-order chi connectivity index (χ0) is 13.3. The van der Waals surface area contributed by atoms with Crippen LogP contribution in [-0.4, -0.2) is 29.1 Å². The second-order valence-corrected chi connectivity index (χ2v) is 5.15. The van der Waals surface area contributed by atoms with E-state index in [0.29, 0.717) is 23.3 Å². The summed E-state index contributed by atoms with van der Waals surface area (Å²) in [6, 6.07) is 3.06. The van der Waals surface area contributed by atoms with Gasteiger partial charge in [-0.15, -0.1) is 0 Å². The largest absolute Gasteiger partial charge is 0.477 e. The summed E-state index contributed by atoms with van der Waals surface area (Å²) >= 11 is 0. The molecule has 1 aliphatic rings. The van der Waals surface area contributed by atoms with Crippen LogP contribution in [0.25, 0.3) is 0 Å². The maximum absolute atomic E-state index is 10.9. The molecule has 1 atom stereocenters. The first-order valence-corrected chi connectivity index (χ1v) is 6.23. The Morgan fingerprint density at radius 2 is 2.28 bits per heavy atom. The number of carbonyl (C=O) groups is 1. The normalized spacial score (nSPS) is 19.5. The van der Waals surface area contributed by atoms with Gasteiger partial charge in [-0.25, -0.2) is 9.78 Å². The van der Waals surface area contributed by atoms with Crippen molar-refractivity contribution < 1.29 is 9.90 Å². The zero-order valence-corrected chi connectivity index (χ0v) is 10.8. The van der Waals surface area contributed by atoms with E-state index in [9.17, 15) is 4.79 Å². The molecule has 18 heavy (non-hydrogen) atoms. The third-order valence-electron chi connectivity index (χ3n) is 3.59. The molecule has 1 saturated heterocycles. The quantitative estimate of drug-likeness (QED) is 0.854. The number of pyridine rings is 1. The molecule has 98 valence electrons. The summed E-state index contributed by atoms with van der Waals surface area (Å²) in [5.41, 5.74) is 6.49. The highest BCUT2D eigenvalue weighted by molar-refractivity contribution is 5.87. The molecule has 5 nitrogen and oxygen atoms in total. The van der Waals surface area contributed by atoms with Gasteiger partial charge in [-0.1, -0.05) is 13.8 Å². The minimum atomic E-state index is -1.02. The first-order valence-electron chi connectivity index (χ1n) is 6.23. The molecule has 0 amide bonds. The van der Waals surface area contributed by atoms with Crippen LogP contribution in [0.5, 0.6) is 0 Å². The number of nitrogen functional groups attached to an aromatic ring is 1. The number of aromatic carboxylic acids is 1. The molecular formula is C13H19N3O2. The van der Waals surface area contributed by atoms with Gasteiger partial charge in [0.25, 0.3) is 0 Å². The third kappa shape index (κ3) is 2.39. The van der Waals surface area contributed by atoms with Gasteiger partial charge in [-0.05, 0) is 30.4 Å². The van der Waals surface area contributed by atoms with E-state index in [0.717, 1.165) is 19.5 Å². The molecule has 0 saturated carbocycles. The first-order chi connectivity index (χ1) is 8.49. The number of aromatic nitrogens is 1. The number of carboxylic acid groups (broad SMARTS) is 1. The maximum atomic E-state index is 10.9. The maximum Gasteiger partial charge on any atom is 0.354 e. The average Bonchev–Trinajstić information content (AvgIpc) is 2.78. The Morgan fingerprint density at radius 1 is 1.56 bits per heavy atom. The fraction of sp³-hybridized carbons (Fsp3) is 0.538. The van der Waals surface area contributed by atoms with E-state index in [-0.39, 0.29) is 5.69 Å². The Labute approximate surface area is 107 Å². The Bertz CT molecular complexity index is 460. The van der Waals surface area contributed by atoms with Crippen molar-refractivity contribution in [1.82, 2.24) is 4.98 Å². The predicted molar refractivity (Wildman–Crippen MR) is 70.8 cm³/mol. The van der Waals surface area contributed by atoms with Crippen molar-refractivity contribution in [3.8, 4) is 0 Å². The van der Waals surface area contributed by atoms with Gasteiger partial charge >= 0.3 is 5.97 Å². The summed E-state index contributed by atoms with van der Waals surface area (Å²) in [6.07, 6.45) is 1.11. The number of rotatable bonds is 3. The highest BCUT2D eigenvalue weighted by atomic mass is 16.4. The standard InChI is InChI=1S/C13H19N3O2/c1-8(2)9-5-6-16(7-9)12-10(14)3-4-11(15-12)13(17)18/h3-4,8-9H,5-7,14H2,1-2H3,(H,17,18). The molecule has 1 unspecified atom stereocenters. The van der Waals surface area contributed by atoms with Gasteiger partial charge < -0.3 is 15.7 Å². The summed E-state index contributed by atoms with van der Waals surface area (Å²) in [5, 5.41) is 8.96. The lowest BCUT2D eigenvalue weighted by Crippen LogP contribution is -2.24. The second-order valence-electron chi connectivity index (χ2n) is 5.15. The van der Waals surface area contributed by atoms with Crippen molar-refractivity contribution in [3.05, 3.63) is 17.8 Å². The Kier molecular flexibility index (Phi) is 3.41. The van der Waals surface area contributed by atoms with Gasteiger partial charge in [0.1, 0.15) is 0 Å². The Hall–Kier alpha value is -1.78. The fourth-order valence-electron chi connectivity index (χ4n) is 2.36. The predicted octanol–water partition coefficient (Wildman–Crippen LogP) is 1.84. The fourth-order valence-corrected chi connectivity index (χ4v) is 2.36. The van der Waals surface area contributed by atoms with Gasteiger partial charge in [-0.2, -0.15) is 0 Å². The molecule has 0 spiro atoms. The van der Waals surface area contributed by atoms with Gasteiger partial charge in [0.05, 0.1) is 5.69 Å². The summed E-state index contributed by atoms with van der Waals surface area (Å²) < 4.78 is 0. The molecule has 2 heterocycles. The van der Waals surface area contributed by atoms with Crippen LogP contribution in [0.1, 0.15) is 30.8 Å². The number of nitrogens with zero attached hydrogens (tertiary/aromatic N) is 2. The molecule has 1 fully saturated rings. The number of hydrogen-bond donors (Lipinski definition) is 2.